The molecule has 1 N–H and O–H groups in total. The maximum atomic E-state index is 12.4. The van der Waals surface area contributed by atoms with Gasteiger partial charge in [0.15, 0.2) is 5.96 Å². The van der Waals surface area contributed by atoms with Crippen LogP contribution in [0, 0.1) is 0 Å². The van der Waals surface area contributed by atoms with Crippen molar-refractivity contribution >= 4 is 47.2 Å². The molecule has 0 spiro atoms. The van der Waals surface area contributed by atoms with Gasteiger partial charge in [-0.1, -0.05) is 0 Å². The molecule has 0 aromatic carbocycles. The number of halogens is 1. The Morgan fingerprint density at radius 1 is 1.30 bits per heavy atom. The van der Waals surface area contributed by atoms with Gasteiger partial charge in [0, 0.05) is 37.6 Å². The molecular formula is C16H25IN4OS. The zero-order chi connectivity index (χ0) is 15.4. The van der Waals surface area contributed by atoms with Gasteiger partial charge in [-0.05, 0) is 43.2 Å². The molecule has 23 heavy (non-hydrogen) atoms. The van der Waals surface area contributed by atoms with E-state index in [1.54, 1.807) is 11.3 Å². The molecule has 0 bridgehead atoms. The minimum atomic E-state index is 0. The molecule has 0 radical (unpaired) electrons. The third kappa shape index (κ3) is 4.59. The van der Waals surface area contributed by atoms with Crippen LogP contribution in [-0.2, 0) is 17.8 Å². The molecule has 2 aliphatic rings. The number of hydrogen-bond donors (Lipinski definition) is 1. The van der Waals surface area contributed by atoms with Crippen LogP contribution in [0.2, 0.25) is 0 Å². The average Bonchev–Trinajstić information content (AvgIpc) is 3.21. The molecule has 1 saturated heterocycles. The summed E-state index contributed by atoms with van der Waals surface area (Å²) in [5, 5.41) is 5.42. The summed E-state index contributed by atoms with van der Waals surface area (Å²) in [6.45, 7) is 6.81. The maximum Gasteiger partial charge on any atom is 0.244 e. The smallest absolute Gasteiger partial charge is 0.244 e. The first kappa shape index (κ1) is 18.5. The van der Waals surface area contributed by atoms with Crippen LogP contribution in [0.15, 0.2) is 16.4 Å². The van der Waals surface area contributed by atoms with E-state index in [9.17, 15) is 4.79 Å². The Balaban J connectivity index is 0.00000192. The largest absolute Gasteiger partial charge is 0.357 e. The van der Waals surface area contributed by atoms with Crippen LogP contribution in [0.3, 0.4) is 0 Å². The van der Waals surface area contributed by atoms with Crippen molar-refractivity contribution in [1.82, 2.24) is 15.1 Å². The quantitative estimate of drug-likeness (QED) is 0.439. The minimum Gasteiger partial charge on any atom is -0.357 e. The molecule has 1 aromatic heterocycles. The first-order valence-corrected chi connectivity index (χ1v) is 9.02. The Bertz CT molecular complexity index is 554. The predicted octanol–water partition coefficient (Wildman–Crippen LogP) is 2.31. The molecule has 7 heteroatoms. The Labute approximate surface area is 159 Å². The summed E-state index contributed by atoms with van der Waals surface area (Å²) in [5.74, 6) is 1.02. The molecule has 2 aliphatic heterocycles. The van der Waals surface area contributed by atoms with Crippen molar-refractivity contribution in [2.45, 2.75) is 32.7 Å². The van der Waals surface area contributed by atoms with Crippen LogP contribution in [0.4, 0.5) is 0 Å². The fourth-order valence-corrected chi connectivity index (χ4v) is 3.95. The van der Waals surface area contributed by atoms with Gasteiger partial charge in [0.2, 0.25) is 5.91 Å². The van der Waals surface area contributed by atoms with Crippen LogP contribution >= 0.6 is 35.3 Å². The molecule has 3 rings (SSSR count). The molecular weight excluding hydrogens is 423 g/mol. The second-order valence-electron chi connectivity index (χ2n) is 5.80. The van der Waals surface area contributed by atoms with E-state index in [2.05, 4.69) is 33.6 Å². The number of nitrogens with zero attached hydrogens (tertiary/aromatic N) is 3. The van der Waals surface area contributed by atoms with E-state index in [-0.39, 0.29) is 36.4 Å². The van der Waals surface area contributed by atoms with Crippen molar-refractivity contribution in [2.24, 2.45) is 4.99 Å². The number of carbonyl (C=O) groups is 1. The summed E-state index contributed by atoms with van der Waals surface area (Å²) in [7, 11) is 0. The number of amides is 1. The standard InChI is InChI=1S/C16H24N4OS.HI/c1-2-17-16(19-7-3-4-8-19)18-11-15(21)20-9-5-14-13(12-20)6-10-22-14;/h6,10H,2-5,7-9,11-12H2,1H3,(H,17,18);1H. The minimum absolute atomic E-state index is 0. The zero-order valence-electron chi connectivity index (χ0n) is 13.6. The lowest BCUT2D eigenvalue weighted by atomic mass is 10.1. The summed E-state index contributed by atoms with van der Waals surface area (Å²) in [6, 6.07) is 2.14. The number of fused-ring (bicyclic) bond motifs is 1. The van der Waals surface area contributed by atoms with Gasteiger partial charge in [0.1, 0.15) is 6.54 Å². The lowest BCUT2D eigenvalue weighted by Crippen LogP contribution is -2.41. The maximum absolute atomic E-state index is 12.4. The Morgan fingerprint density at radius 3 is 2.83 bits per heavy atom. The average molecular weight is 448 g/mol. The van der Waals surface area contributed by atoms with Crippen LogP contribution in [0.1, 0.15) is 30.2 Å². The Hall–Kier alpha value is -0.830. The summed E-state index contributed by atoms with van der Waals surface area (Å²) >= 11 is 1.80. The number of rotatable bonds is 3. The van der Waals surface area contributed by atoms with E-state index >= 15 is 0 Å². The molecule has 3 heterocycles. The molecule has 1 fully saturated rings. The molecule has 1 amide bonds. The summed E-state index contributed by atoms with van der Waals surface area (Å²) in [4.78, 5) is 22.6. The zero-order valence-corrected chi connectivity index (χ0v) is 16.7. The summed E-state index contributed by atoms with van der Waals surface area (Å²) < 4.78 is 0. The molecule has 5 nitrogen and oxygen atoms in total. The number of aliphatic imine (C=N–C) groups is 1. The van der Waals surface area contributed by atoms with Gasteiger partial charge in [-0.2, -0.15) is 0 Å². The first-order valence-electron chi connectivity index (χ1n) is 8.14. The topological polar surface area (TPSA) is 47.9 Å². The van der Waals surface area contributed by atoms with Gasteiger partial charge in [-0.25, -0.2) is 4.99 Å². The fraction of sp³-hybridized carbons (Fsp3) is 0.625. The molecule has 0 saturated carbocycles. The van der Waals surface area contributed by atoms with Gasteiger partial charge < -0.3 is 15.1 Å². The Morgan fingerprint density at radius 2 is 2.09 bits per heavy atom. The molecule has 0 unspecified atom stereocenters. The van der Waals surface area contributed by atoms with Crippen molar-refractivity contribution in [1.29, 1.82) is 0 Å². The molecule has 1 aromatic rings. The summed E-state index contributed by atoms with van der Waals surface area (Å²) in [5.41, 5.74) is 1.31. The number of guanidine groups is 1. The SMILES string of the molecule is CCNC(=NCC(=O)N1CCc2sccc2C1)N1CCCC1.I. The number of carbonyl (C=O) groups excluding carboxylic acids is 1. The highest BCUT2D eigenvalue weighted by atomic mass is 127. The van der Waals surface area contributed by atoms with Crippen molar-refractivity contribution in [3.8, 4) is 0 Å². The van der Waals surface area contributed by atoms with Crippen LogP contribution in [0.25, 0.3) is 0 Å². The van der Waals surface area contributed by atoms with E-state index in [1.807, 2.05) is 4.90 Å². The van der Waals surface area contributed by atoms with Gasteiger partial charge in [0.05, 0.1) is 0 Å². The third-order valence-electron chi connectivity index (χ3n) is 4.26. The van der Waals surface area contributed by atoms with E-state index < -0.39 is 0 Å². The van der Waals surface area contributed by atoms with Crippen LogP contribution in [0.5, 0.6) is 0 Å². The van der Waals surface area contributed by atoms with Crippen molar-refractivity contribution in [3.63, 3.8) is 0 Å². The van der Waals surface area contributed by atoms with Crippen molar-refractivity contribution in [3.05, 3.63) is 21.9 Å². The molecule has 0 atom stereocenters. The molecule has 0 aliphatic carbocycles. The second-order valence-corrected chi connectivity index (χ2v) is 6.80. The monoisotopic (exact) mass is 448 g/mol. The number of thiophene rings is 1. The van der Waals surface area contributed by atoms with Gasteiger partial charge in [-0.3, -0.25) is 4.79 Å². The number of hydrogen-bond acceptors (Lipinski definition) is 3. The van der Waals surface area contributed by atoms with Gasteiger partial charge in [-0.15, -0.1) is 35.3 Å². The third-order valence-corrected chi connectivity index (χ3v) is 5.29. The van der Waals surface area contributed by atoms with E-state index in [1.165, 1.54) is 23.3 Å². The van der Waals surface area contributed by atoms with Crippen LogP contribution in [-0.4, -0.2) is 54.4 Å². The molecule has 128 valence electrons. The van der Waals surface area contributed by atoms with Crippen molar-refractivity contribution < 1.29 is 4.79 Å². The lowest BCUT2D eigenvalue weighted by Gasteiger charge is -2.27. The van der Waals surface area contributed by atoms with E-state index in [0.717, 1.165) is 45.1 Å². The predicted molar refractivity (Wildman–Crippen MR) is 106 cm³/mol. The van der Waals surface area contributed by atoms with Gasteiger partial charge >= 0.3 is 0 Å². The second kappa shape index (κ2) is 8.86. The highest BCUT2D eigenvalue weighted by Gasteiger charge is 2.22. The number of likely N-dealkylation sites (tertiary alicyclic amines) is 1. The Kier molecular flexibility index (Phi) is 7.13. The number of nitrogens with one attached hydrogen (secondary N) is 1. The van der Waals surface area contributed by atoms with Gasteiger partial charge in [0.25, 0.3) is 0 Å². The van der Waals surface area contributed by atoms with Crippen LogP contribution < -0.4 is 5.32 Å². The highest BCUT2D eigenvalue weighted by molar-refractivity contribution is 14.0. The summed E-state index contributed by atoms with van der Waals surface area (Å²) in [6.07, 6.45) is 3.41. The lowest BCUT2D eigenvalue weighted by molar-refractivity contribution is -0.130. The fourth-order valence-electron chi connectivity index (χ4n) is 3.06. The normalized spacial score (nSPS) is 17.7. The first-order chi connectivity index (χ1) is 10.8. The van der Waals surface area contributed by atoms with Crippen molar-refractivity contribution in [2.75, 3.05) is 32.7 Å². The highest BCUT2D eigenvalue weighted by Crippen LogP contribution is 2.23. The van der Waals surface area contributed by atoms with E-state index in [4.69, 9.17) is 0 Å². The van der Waals surface area contributed by atoms with E-state index in [0.29, 0.717) is 0 Å².